The standard InChI is InChI=1S/C6H11FO4S/c1-10-12(8,9)5-6(7)2-3-11-4-6/h2-5H2,1H3. The molecule has 6 heteroatoms. The number of ether oxygens (including phenoxy) is 1. The lowest BCUT2D eigenvalue weighted by Crippen LogP contribution is -2.33. The maximum Gasteiger partial charge on any atom is 0.270 e. The molecule has 0 N–H and O–H groups in total. The lowest BCUT2D eigenvalue weighted by molar-refractivity contribution is 0.126. The molecule has 0 aromatic rings. The normalized spacial score (nSPS) is 30.8. The predicted molar refractivity (Wildman–Crippen MR) is 40.1 cm³/mol. The molecule has 0 amide bonds. The zero-order valence-corrected chi connectivity index (χ0v) is 7.56. The van der Waals surface area contributed by atoms with Crippen molar-refractivity contribution >= 4 is 10.1 Å². The first-order valence-corrected chi connectivity index (χ1v) is 5.10. The Labute approximate surface area is 70.8 Å². The third kappa shape index (κ3) is 2.40. The van der Waals surface area contributed by atoms with Crippen LogP contribution in [0.15, 0.2) is 0 Å². The van der Waals surface area contributed by atoms with Crippen molar-refractivity contribution in [1.29, 1.82) is 0 Å². The first kappa shape index (κ1) is 9.88. The van der Waals surface area contributed by atoms with Crippen molar-refractivity contribution in [2.45, 2.75) is 12.1 Å². The van der Waals surface area contributed by atoms with Crippen LogP contribution in [0.4, 0.5) is 4.39 Å². The van der Waals surface area contributed by atoms with Gasteiger partial charge < -0.3 is 4.74 Å². The SMILES string of the molecule is COS(=O)(=O)CC1(F)CCOC1. The fourth-order valence-electron chi connectivity index (χ4n) is 1.07. The summed E-state index contributed by atoms with van der Waals surface area (Å²) in [7, 11) is -2.69. The highest BCUT2D eigenvalue weighted by molar-refractivity contribution is 7.86. The Hall–Kier alpha value is -0.200. The summed E-state index contributed by atoms with van der Waals surface area (Å²) in [6, 6.07) is 0. The molecule has 1 unspecified atom stereocenters. The summed E-state index contributed by atoms with van der Waals surface area (Å²) in [5.74, 6) is -0.615. The highest BCUT2D eigenvalue weighted by atomic mass is 32.2. The van der Waals surface area contributed by atoms with Crippen molar-refractivity contribution in [3.05, 3.63) is 0 Å². The Morgan fingerprint density at radius 1 is 1.67 bits per heavy atom. The van der Waals surface area contributed by atoms with Crippen LogP contribution in [0.2, 0.25) is 0 Å². The molecular weight excluding hydrogens is 187 g/mol. The molecule has 1 atom stereocenters. The molecule has 0 radical (unpaired) electrons. The molecule has 1 aliphatic heterocycles. The Bertz CT molecular complexity index is 242. The molecule has 0 aromatic carbocycles. The van der Waals surface area contributed by atoms with Gasteiger partial charge in [0, 0.05) is 13.0 Å². The van der Waals surface area contributed by atoms with Gasteiger partial charge in [0.2, 0.25) is 0 Å². The second-order valence-electron chi connectivity index (χ2n) is 2.82. The molecule has 1 saturated heterocycles. The summed E-state index contributed by atoms with van der Waals surface area (Å²) < 4.78 is 44.0. The van der Waals surface area contributed by atoms with Crippen molar-refractivity contribution < 1.29 is 21.7 Å². The smallest absolute Gasteiger partial charge is 0.270 e. The molecule has 0 spiro atoms. The van der Waals surface area contributed by atoms with E-state index in [0.29, 0.717) is 0 Å². The van der Waals surface area contributed by atoms with Gasteiger partial charge in [0.1, 0.15) is 5.75 Å². The first-order valence-electron chi connectivity index (χ1n) is 3.52. The molecule has 1 rings (SSSR count). The van der Waals surface area contributed by atoms with Gasteiger partial charge in [-0.3, -0.25) is 4.18 Å². The molecule has 0 saturated carbocycles. The summed E-state index contributed by atoms with van der Waals surface area (Å²) in [6.45, 7) is 0.116. The van der Waals surface area contributed by atoms with Gasteiger partial charge >= 0.3 is 0 Å². The van der Waals surface area contributed by atoms with Gasteiger partial charge in [-0.2, -0.15) is 8.42 Å². The molecule has 12 heavy (non-hydrogen) atoms. The van der Waals surface area contributed by atoms with Crippen LogP contribution in [-0.2, 0) is 19.0 Å². The highest BCUT2D eigenvalue weighted by Gasteiger charge is 2.39. The van der Waals surface area contributed by atoms with E-state index in [1.807, 2.05) is 0 Å². The summed E-state index contributed by atoms with van der Waals surface area (Å²) in [6.07, 6.45) is 0.121. The Morgan fingerprint density at radius 2 is 2.33 bits per heavy atom. The minimum absolute atomic E-state index is 0.121. The number of hydrogen-bond acceptors (Lipinski definition) is 4. The summed E-state index contributed by atoms with van der Waals surface area (Å²) in [4.78, 5) is 0. The third-order valence-corrected chi connectivity index (χ3v) is 3.12. The van der Waals surface area contributed by atoms with Crippen molar-refractivity contribution in [3.63, 3.8) is 0 Å². The molecule has 0 aliphatic carbocycles. The summed E-state index contributed by atoms with van der Waals surface area (Å²) in [5, 5.41) is 0. The van der Waals surface area contributed by atoms with E-state index in [4.69, 9.17) is 4.74 Å². The molecule has 72 valence electrons. The van der Waals surface area contributed by atoms with Gasteiger partial charge in [0.25, 0.3) is 10.1 Å². The second kappa shape index (κ2) is 3.27. The minimum atomic E-state index is -3.72. The molecule has 1 fully saturated rings. The van der Waals surface area contributed by atoms with Gasteiger partial charge in [-0.1, -0.05) is 0 Å². The van der Waals surface area contributed by atoms with Crippen LogP contribution in [0, 0.1) is 0 Å². The average molecular weight is 198 g/mol. The van der Waals surface area contributed by atoms with Crippen molar-refractivity contribution in [3.8, 4) is 0 Å². The van der Waals surface area contributed by atoms with Crippen LogP contribution in [0.5, 0.6) is 0 Å². The van der Waals surface area contributed by atoms with Gasteiger partial charge in [-0.15, -0.1) is 0 Å². The van der Waals surface area contributed by atoms with E-state index >= 15 is 0 Å². The van der Waals surface area contributed by atoms with E-state index in [1.165, 1.54) is 0 Å². The maximum atomic E-state index is 13.4. The largest absolute Gasteiger partial charge is 0.378 e. The van der Waals surface area contributed by atoms with Gasteiger partial charge in [0.05, 0.1) is 13.7 Å². The summed E-state index contributed by atoms with van der Waals surface area (Å²) >= 11 is 0. The zero-order valence-electron chi connectivity index (χ0n) is 6.75. The predicted octanol–water partition coefficient (Wildman–Crippen LogP) is 0.0912. The fraction of sp³-hybridized carbons (Fsp3) is 1.00. The van der Waals surface area contributed by atoms with Gasteiger partial charge in [0.15, 0.2) is 5.67 Å². The van der Waals surface area contributed by atoms with Crippen LogP contribution in [0.1, 0.15) is 6.42 Å². The Morgan fingerprint density at radius 3 is 2.75 bits per heavy atom. The zero-order chi connectivity index (χ0) is 9.24. The lowest BCUT2D eigenvalue weighted by atomic mass is 10.1. The second-order valence-corrected chi connectivity index (χ2v) is 4.56. The van der Waals surface area contributed by atoms with Crippen LogP contribution < -0.4 is 0 Å². The van der Waals surface area contributed by atoms with E-state index in [1.54, 1.807) is 0 Å². The maximum absolute atomic E-state index is 13.4. The van der Waals surface area contributed by atoms with Gasteiger partial charge in [-0.05, 0) is 0 Å². The third-order valence-electron chi connectivity index (χ3n) is 1.74. The topological polar surface area (TPSA) is 52.6 Å². The molecule has 1 aliphatic rings. The fourth-order valence-corrected chi connectivity index (χ4v) is 2.05. The van der Waals surface area contributed by atoms with Gasteiger partial charge in [-0.25, -0.2) is 4.39 Å². The molecule has 0 bridgehead atoms. The molecule has 1 heterocycles. The van der Waals surface area contributed by atoms with Crippen LogP contribution >= 0.6 is 0 Å². The number of alkyl halides is 1. The summed E-state index contributed by atoms with van der Waals surface area (Å²) in [5.41, 5.74) is -1.76. The molecule has 4 nitrogen and oxygen atoms in total. The quantitative estimate of drug-likeness (QED) is 0.603. The van der Waals surface area contributed by atoms with E-state index < -0.39 is 21.5 Å². The van der Waals surface area contributed by atoms with Crippen molar-refractivity contribution in [2.24, 2.45) is 0 Å². The van der Waals surface area contributed by atoms with Crippen molar-refractivity contribution in [2.75, 3.05) is 26.1 Å². The first-order chi connectivity index (χ1) is 5.47. The van der Waals surface area contributed by atoms with Crippen LogP contribution in [0.25, 0.3) is 0 Å². The number of halogens is 1. The number of hydrogen-bond donors (Lipinski definition) is 0. The van der Waals surface area contributed by atoms with E-state index in [2.05, 4.69) is 4.18 Å². The average Bonchev–Trinajstić information content (AvgIpc) is 2.35. The highest BCUT2D eigenvalue weighted by Crippen LogP contribution is 2.25. The van der Waals surface area contributed by atoms with Crippen molar-refractivity contribution in [1.82, 2.24) is 0 Å². The van der Waals surface area contributed by atoms with E-state index in [9.17, 15) is 12.8 Å². The lowest BCUT2D eigenvalue weighted by Gasteiger charge is -2.15. The molecular formula is C6H11FO4S. The van der Waals surface area contributed by atoms with Crippen LogP contribution in [-0.4, -0.2) is 40.2 Å². The molecule has 0 aromatic heterocycles. The van der Waals surface area contributed by atoms with E-state index in [0.717, 1.165) is 7.11 Å². The monoisotopic (exact) mass is 198 g/mol. The number of rotatable bonds is 3. The van der Waals surface area contributed by atoms with Crippen LogP contribution in [0.3, 0.4) is 0 Å². The Balaban J connectivity index is 2.61. The minimum Gasteiger partial charge on any atom is -0.378 e. The van der Waals surface area contributed by atoms with E-state index in [-0.39, 0.29) is 19.6 Å². The Kier molecular flexibility index (Phi) is 2.70.